The summed E-state index contributed by atoms with van der Waals surface area (Å²) in [6.45, 7) is 6.41. The van der Waals surface area contributed by atoms with Crippen molar-refractivity contribution < 1.29 is 9.84 Å². The zero-order valence-electron chi connectivity index (χ0n) is 17.0. The maximum absolute atomic E-state index is 10.1. The van der Waals surface area contributed by atoms with Crippen LogP contribution in [0, 0.1) is 13.8 Å². The molecule has 0 aliphatic carbocycles. The third kappa shape index (κ3) is 9.19. The lowest BCUT2D eigenvalue weighted by molar-refractivity contribution is 0.107. The highest BCUT2D eigenvalue weighted by molar-refractivity contribution is 5.86. The third-order valence-electron chi connectivity index (χ3n) is 4.20. The van der Waals surface area contributed by atoms with Crippen LogP contribution in [0.2, 0.25) is 0 Å². The van der Waals surface area contributed by atoms with Gasteiger partial charge < -0.3 is 31.5 Å². The SMILES string of the molecule is CNc1c(N)cccc1OCC(O)CNCCNc1c(C)cccc1C.Cl.Cl.Cl. The van der Waals surface area contributed by atoms with Crippen molar-refractivity contribution in [2.75, 3.05) is 49.7 Å². The lowest BCUT2D eigenvalue weighted by Crippen LogP contribution is -2.34. The van der Waals surface area contributed by atoms with E-state index in [2.05, 4.69) is 48.0 Å². The van der Waals surface area contributed by atoms with Crippen molar-refractivity contribution in [2.45, 2.75) is 20.0 Å². The zero-order valence-corrected chi connectivity index (χ0v) is 19.5. The molecule has 2 aromatic rings. The Morgan fingerprint density at radius 2 is 1.59 bits per heavy atom. The minimum Gasteiger partial charge on any atom is -0.489 e. The summed E-state index contributed by atoms with van der Waals surface area (Å²) < 4.78 is 5.68. The van der Waals surface area contributed by atoms with E-state index in [9.17, 15) is 5.11 Å². The average Bonchev–Trinajstić information content (AvgIpc) is 2.62. The molecular formula is C20H33Cl3N4O2. The van der Waals surface area contributed by atoms with Crippen LogP contribution in [0.15, 0.2) is 36.4 Å². The lowest BCUT2D eigenvalue weighted by Gasteiger charge is -2.17. The van der Waals surface area contributed by atoms with E-state index in [0.29, 0.717) is 18.0 Å². The second-order valence-electron chi connectivity index (χ2n) is 6.33. The second kappa shape index (κ2) is 15.3. The predicted octanol–water partition coefficient (Wildman–Crippen LogP) is 3.63. The highest BCUT2D eigenvalue weighted by atomic mass is 35.5. The Morgan fingerprint density at radius 3 is 2.21 bits per heavy atom. The van der Waals surface area contributed by atoms with Gasteiger partial charge in [-0.2, -0.15) is 0 Å². The number of benzene rings is 2. The van der Waals surface area contributed by atoms with Crippen LogP contribution >= 0.6 is 37.2 Å². The van der Waals surface area contributed by atoms with E-state index in [1.807, 2.05) is 12.1 Å². The molecule has 29 heavy (non-hydrogen) atoms. The molecule has 0 fully saturated rings. The van der Waals surface area contributed by atoms with Crippen LogP contribution in [0.5, 0.6) is 5.75 Å². The van der Waals surface area contributed by atoms with E-state index in [4.69, 9.17) is 10.5 Å². The molecule has 0 amide bonds. The summed E-state index contributed by atoms with van der Waals surface area (Å²) in [6, 6.07) is 11.7. The van der Waals surface area contributed by atoms with Gasteiger partial charge in [0.15, 0.2) is 0 Å². The number of aliphatic hydroxyl groups excluding tert-OH is 1. The summed E-state index contributed by atoms with van der Waals surface area (Å²) in [4.78, 5) is 0. The number of ether oxygens (including phenoxy) is 1. The standard InChI is InChI=1S/C20H30N4O2.3ClH/c1-14-6-4-7-15(2)19(14)24-11-10-23-12-16(25)13-26-18-9-5-8-17(21)20(18)22-3;;;/h4-9,16,22-25H,10-13,21H2,1-3H3;3*1H. The summed E-state index contributed by atoms with van der Waals surface area (Å²) >= 11 is 0. The van der Waals surface area contributed by atoms with E-state index >= 15 is 0 Å². The first-order valence-corrected chi connectivity index (χ1v) is 8.90. The smallest absolute Gasteiger partial charge is 0.144 e. The van der Waals surface area contributed by atoms with Gasteiger partial charge in [0.2, 0.25) is 0 Å². The van der Waals surface area contributed by atoms with Gasteiger partial charge >= 0.3 is 0 Å². The van der Waals surface area contributed by atoms with Crippen LogP contribution in [0.1, 0.15) is 11.1 Å². The number of hydrogen-bond donors (Lipinski definition) is 5. The van der Waals surface area contributed by atoms with Crippen molar-refractivity contribution in [3.8, 4) is 5.75 Å². The summed E-state index contributed by atoms with van der Waals surface area (Å²) in [6.07, 6.45) is -0.596. The second-order valence-corrected chi connectivity index (χ2v) is 6.33. The van der Waals surface area contributed by atoms with Crippen molar-refractivity contribution in [2.24, 2.45) is 0 Å². The first-order chi connectivity index (χ1) is 12.5. The van der Waals surface area contributed by atoms with Crippen molar-refractivity contribution >= 4 is 54.3 Å². The summed E-state index contributed by atoms with van der Waals surface area (Å²) in [7, 11) is 1.79. The van der Waals surface area contributed by atoms with Gasteiger partial charge in [0.05, 0.1) is 11.4 Å². The van der Waals surface area contributed by atoms with E-state index in [0.717, 1.165) is 18.8 Å². The topological polar surface area (TPSA) is 91.6 Å². The number of nitrogens with one attached hydrogen (secondary N) is 3. The van der Waals surface area contributed by atoms with E-state index in [-0.39, 0.29) is 43.8 Å². The van der Waals surface area contributed by atoms with Crippen molar-refractivity contribution in [3.05, 3.63) is 47.5 Å². The van der Waals surface area contributed by atoms with Gasteiger partial charge in [-0.25, -0.2) is 0 Å². The molecule has 166 valence electrons. The molecule has 0 spiro atoms. The van der Waals surface area contributed by atoms with Gasteiger partial charge in [0, 0.05) is 32.4 Å². The molecule has 1 atom stereocenters. The Labute approximate surface area is 192 Å². The predicted molar refractivity (Wildman–Crippen MR) is 131 cm³/mol. The molecule has 0 radical (unpaired) electrons. The number of rotatable bonds is 10. The summed E-state index contributed by atoms with van der Waals surface area (Å²) in [5.74, 6) is 0.642. The molecule has 0 bridgehead atoms. The molecule has 0 heterocycles. The summed E-state index contributed by atoms with van der Waals surface area (Å²) in [5, 5.41) is 19.8. The number of aryl methyl sites for hydroxylation is 2. The number of para-hydroxylation sites is 2. The molecule has 6 nitrogen and oxygen atoms in total. The summed E-state index contributed by atoms with van der Waals surface area (Å²) in [5.41, 5.74) is 10.9. The third-order valence-corrected chi connectivity index (χ3v) is 4.20. The van der Waals surface area contributed by atoms with Crippen LogP contribution < -0.4 is 26.4 Å². The highest BCUT2D eigenvalue weighted by Crippen LogP contribution is 2.29. The molecule has 1 unspecified atom stereocenters. The Morgan fingerprint density at radius 1 is 0.966 bits per heavy atom. The van der Waals surface area contributed by atoms with Gasteiger partial charge in [-0.1, -0.05) is 24.3 Å². The minimum absolute atomic E-state index is 0. The fourth-order valence-corrected chi connectivity index (χ4v) is 2.82. The fraction of sp³-hybridized carbons (Fsp3) is 0.400. The normalized spacial score (nSPS) is 10.6. The van der Waals surface area contributed by atoms with E-state index < -0.39 is 6.10 Å². The molecule has 6 N–H and O–H groups in total. The molecular weight excluding hydrogens is 435 g/mol. The first kappa shape index (κ1) is 29.6. The fourth-order valence-electron chi connectivity index (χ4n) is 2.82. The molecule has 0 saturated carbocycles. The molecule has 2 aromatic carbocycles. The number of halogens is 3. The molecule has 0 saturated heterocycles. The number of nitrogens with two attached hydrogens (primary N) is 1. The van der Waals surface area contributed by atoms with Crippen LogP contribution in [0.25, 0.3) is 0 Å². The number of nitrogen functional groups attached to an aromatic ring is 1. The monoisotopic (exact) mass is 466 g/mol. The van der Waals surface area contributed by atoms with Crippen LogP contribution in [0.3, 0.4) is 0 Å². The molecule has 0 aromatic heterocycles. The van der Waals surface area contributed by atoms with Gasteiger partial charge in [-0.15, -0.1) is 37.2 Å². The van der Waals surface area contributed by atoms with Gasteiger partial charge in [-0.05, 0) is 37.1 Å². The Hall–Kier alpha value is -1.57. The van der Waals surface area contributed by atoms with Crippen LogP contribution in [-0.4, -0.2) is 44.5 Å². The van der Waals surface area contributed by atoms with Gasteiger partial charge in [-0.3, -0.25) is 0 Å². The Balaban J connectivity index is 0. The highest BCUT2D eigenvalue weighted by Gasteiger charge is 2.09. The molecule has 0 aliphatic rings. The minimum atomic E-state index is -0.596. The molecule has 2 rings (SSSR count). The number of anilines is 3. The van der Waals surface area contributed by atoms with Crippen molar-refractivity contribution in [3.63, 3.8) is 0 Å². The van der Waals surface area contributed by atoms with Crippen LogP contribution in [0.4, 0.5) is 17.1 Å². The van der Waals surface area contributed by atoms with E-state index in [1.165, 1.54) is 16.8 Å². The molecule has 9 heteroatoms. The average molecular weight is 468 g/mol. The maximum atomic E-state index is 10.1. The first-order valence-electron chi connectivity index (χ1n) is 8.90. The largest absolute Gasteiger partial charge is 0.489 e. The molecule has 0 aliphatic heterocycles. The lowest BCUT2D eigenvalue weighted by atomic mass is 10.1. The number of aliphatic hydroxyl groups is 1. The number of hydrogen-bond acceptors (Lipinski definition) is 6. The van der Waals surface area contributed by atoms with Crippen molar-refractivity contribution in [1.29, 1.82) is 0 Å². The quantitative estimate of drug-likeness (QED) is 0.271. The van der Waals surface area contributed by atoms with E-state index in [1.54, 1.807) is 13.1 Å². The van der Waals surface area contributed by atoms with Crippen molar-refractivity contribution in [1.82, 2.24) is 5.32 Å². The van der Waals surface area contributed by atoms with Gasteiger partial charge in [0.25, 0.3) is 0 Å². The van der Waals surface area contributed by atoms with Crippen LogP contribution in [-0.2, 0) is 0 Å². The Kier molecular flexibility index (Phi) is 15.6. The van der Waals surface area contributed by atoms with Gasteiger partial charge in [0.1, 0.15) is 18.5 Å². The Bertz CT molecular complexity index is 700. The maximum Gasteiger partial charge on any atom is 0.144 e. The zero-order chi connectivity index (χ0) is 18.9.